The van der Waals surface area contributed by atoms with Crippen LogP contribution in [0.1, 0.15) is 13.8 Å². The number of fused-ring (bicyclic) bond motifs is 1. The third-order valence-electron chi connectivity index (χ3n) is 2.51. The van der Waals surface area contributed by atoms with Crippen LogP contribution in [0.15, 0.2) is 24.3 Å². The Morgan fingerprint density at radius 1 is 1.21 bits per heavy atom. The number of benzene rings is 1. The molecule has 1 aliphatic rings. The van der Waals surface area contributed by atoms with Crippen LogP contribution in [0.3, 0.4) is 0 Å². The summed E-state index contributed by atoms with van der Waals surface area (Å²) in [4.78, 5) is 10.4. The lowest BCUT2D eigenvalue weighted by molar-refractivity contribution is 0.0500. The summed E-state index contributed by atoms with van der Waals surface area (Å²) in [6.45, 7) is 1.93. The molecule has 1 aromatic rings. The molecule has 0 atom stereocenters. The smallest absolute Gasteiger partial charge is 0.312 e. The second-order valence-corrected chi connectivity index (χ2v) is 3.96. The monoisotopic (exact) mass is 267 g/mol. The first-order valence-electron chi connectivity index (χ1n) is 5.92. The lowest BCUT2D eigenvalue weighted by Crippen LogP contribution is -2.35. The number of urea groups is 1. The highest BCUT2D eigenvalue weighted by atomic mass is 16.7. The summed E-state index contributed by atoms with van der Waals surface area (Å²) in [5.74, 6) is 1.55. The summed E-state index contributed by atoms with van der Waals surface area (Å²) < 4.78 is 11.2. The number of carbonyl (C=O) groups is 1. The molecule has 0 unspecified atom stereocenters. The first-order valence-corrected chi connectivity index (χ1v) is 5.92. The van der Waals surface area contributed by atoms with Crippen molar-refractivity contribution in [1.82, 2.24) is 10.6 Å². The van der Waals surface area contributed by atoms with Gasteiger partial charge in [-0.25, -0.2) is 4.79 Å². The number of para-hydroxylation sites is 2. The molecular formula is C13H21N3O3. The fraction of sp³-hybridized carbons (Fsp3) is 0.462. The van der Waals surface area contributed by atoms with E-state index in [0.29, 0.717) is 13.1 Å². The van der Waals surface area contributed by atoms with E-state index in [2.05, 4.69) is 10.6 Å². The zero-order chi connectivity index (χ0) is 12.8. The van der Waals surface area contributed by atoms with Gasteiger partial charge in [0.25, 0.3) is 6.29 Å². The van der Waals surface area contributed by atoms with Crippen molar-refractivity contribution in [3.05, 3.63) is 24.3 Å². The van der Waals surface area contributed by atoms with E-state index in [9.17, 15) is 4.79 Å². The molecule has 0 saturated carbocycles. The maximum Gasteiger partial charge on any atom is 0.312 e. The van der Waals surface area contributed by atoms with Gasteiger partial charge in [-0.1, -0.05) is 19.6 Å². The third kappa shape index (κ3) is 4.67. The number of amides is 2. The fourth-order valence-electron chi connectivity index (χ4n) is 1.68. The minimum Gasteiger partial charge on any atom is -0.450 e. The highest BCUT2D eigenvalue weighted by Crippen LogP contribution is 2.33. The second-order valence-electron chi connectivity index (χ2n) is 3.96. The number of nitrogens with one attached hydrogen (secondary N) is 2. The zero-order valence-corrected chi connectivity index (χ0v) is 10.0. The number of primary amides is 1. The van der Waals surface area contributed by atoms with Gasteiger partial charge in [0.15, 0.2) is 11.5 Å². The van der Waals surface area contributed by atoms with E-state index in [1.165, 1.54) is 0 Å². The number of hydrogen-bond acceptors (Lipinski definition) is 4. The zero-order valence-electron chi connectivity index (χ0n) is 10.0. The molecule has 106 valence electrons. The average molecular weight is 267 g/mol. The van der Waals surface area contributed by atoms with Gasteiger partial charge in [-0.05, 0) is 25.1 Å². The molecule has 4 N–H and O–H groups in total. The summed E-state index contributed by atoms with van der Waals surface area (Å²) >= 11 is 0. The van der Waals surface area contributed by atoms with Crippen molar-refractivity contribution < 1.29 is 14.3 Å². The molecule has 0 radical (unpaired) electrons. The van der Waals surface area contributed by atoms with E-state index in [1.54, 1.807) is 0 Å². The van der Waals surface area contributed by atoms with E-state index in [1.807, 2.05) is 24.3 Å². The van der Waals surface area contributed by atoms with Crippen molar-refractivity contribution in [2.24, 2.45) is 5.73 Å². The lowest BCUT2D eigenvalue weighted by atomic mass is 10.3. The van der Waals surface area contributed by atoms with Crippen LogP contribution in [0, 0.1) is 0 Å². The molecule has 6 heteroatoms. The summed E-state index contributed by atoms with van der Waals surface area (Å²) in [6, 6.07) is 7.09. The number of carbonyl (C=O) groups excluding carboxylic acids is 1. The molecule has 0 aliphatic carbocycles. The van der Waals surface area contributed by atoms with Crippen LogP contribution in [0.25, 0.3) is 0 Å². The third-order valence-corrected chi connectivity index (χ3v) is 2.51. The molecule has 6 nitrogen and oxygen atoms in total. The molecule has 19 heavy (non-hydrogen) atoms. The fourth-order valence-corrected chi connectivity index (χ4v) is 1.68. The van der Waals surface area contributed by atoms with Gasteiger partial charge in [-0.15, -0.1) is 0 Å². The Morgan fingerprint density at radius 2 is 1.84 bits per heavy atom. The van der Waals surface area contributed by atoms with E-state index < -0.39 is 6.03 Å². The van der Waals surface area contributed by atoms with Gasteiger partial charge in [-0.3, -0.25) is 0 Å². The van der Waals surface area contributed by atoms with Crippen molar-refractivity contribution >= 4 is 6.03 Å². The van der Waals surface area contributed by atoms with Gasteiger partial charge >= 0.3 is 6.03 Å². The normalized spacial score (nSPS) is 12.8. The molecule has 2 rings (SSSR count). The average Bonchev–Trinajstić information content (AvgIpc) is 2.75. The van der Waals surface area contributed by atoms with Gasteiger partial charge in [0.2, 0.25) is 0 Å². The topological polar surface area (TPSA) is 85.6 Å². The van der Waals surface area contributed by atoms with E-state index in [0.717, 1.165) is 24.5 Å². The molecule has 1 heterocycles. The molecule has 0 fully saturated rings. The van der Waals surface area contributed by atoms with Gasteiger partial charge < -0.3 is 25.8 Å². The summed E-state index contributed by atoms with van der Waals surface area (Å²) in [5, 5.41) is 5.72. The molecule has 1 aromatic carbocycles. The number of rotatable bonds is 6. The highest BCUT2D eigenvalue weighted by molar-refractivity contribution is 5.71. The van der Waals surface area contributed by atoms with E-state index in [4.69, 9.17) is 15.2 Å². The largest absolute Gasteiger partial charge is 0.450 e. The van der Waals surface area contributed by atoms with E-state index in [-0.39, 0.29) is 13.7 Å². The minimum absolute atomic E-state index is 0. The molecule has 0 saturated heterocycles. The summed E-state index contributed by atoms with van der Waals surface area (Å²) in [6.07, 6.45) is 0.522. The summed E-state index contributed by atoms with van der Waals surface area (Å²) in [5.41, 5.74) is 4.94. The second kappa shape index (κ2) is 7.48. The molecule has 0 bridgehead atoms. The highest BCUT2D eigenvalue weighted by Gasteiger charge is 2.22. The Balaban J connectivity index is 0.00000180. The Labute approximate surface area is 113 Å². The SMILES string of the molecule is C.NC(=O)NCCCNCC1Oc2ccccc2O1. The predicted molar refractivity (Wildman–Crippen MR) is 73.3 cm³/mol. The van der Waals surface area contributed by atoms with Crippen LogP contribution < -0.4 is 25.8 Å². The van der Waals surface area contributed by atoms with Crippen LogP contribution in [-0.2, 0) is 0 Å². The first-order chi connectivity index (χ1) is 8.75. The first kappa shape index (κ1) is 15.1. The quantitative estimate of drug-likeness (QED) is 0.673. The van der Waals surface area contributed by atoms with Crippen LogP contribution >= 0.6 is 0 Å². The minimum atomic E-state index is -0.493. The van der Waals surface area contributed by atoms with Crippen molar-refractivity contribution in [2.75, 3.05) is 19.6 Å². The lowest BCUT2D eigenvalue weighted by Gasteiger charge is -2.11. The van der Waals surface area contributed by atoms with Gasteiger partial charge in [0.1, 0.15) is 0 Å². The van der Waals surface area contributed by atoms with Crippen LogP contribution in [0.2, 0.25) is 0 Å². The van der Waals surface area contributed by atoms with E-state index >= 15 is 0 Å². The number of ether oxygens (including phenoxy) is 2. The molecule has 0 spiro atoms. The van der Waals surface area contributed by atoms with Crippen molar-refractivity contribution in [3.63, 3.8) is 0 Å². The summed E-state index contributed by atoms with van der Waals surface area (Å²) in [7, 11) is 0. The van der Waals surface area contributed by atoms with Gasteiger partial charge in [0.05, 0.1) is 6.54 Å². The van der Waals surface area contributed by atoms with Crippen LogP contribution in [-0.4, -0.2) is 32.0 Å². The van der Waals surface area contributed by atoms with Crippen LogP contribution in [0.5, 0.6) is 11.5 Å². The van der Waals surface area contributed by atoms with Crippen molar-refractivity contribution in [2.45, 2.75) is 20.1 Å². The van der Waals surface area contributed by atoms with Gasteiger partial charge in [0, 0.05) is 6.54 Å². The number of hydrogen-bond donors (Lipinski definition) is 3. The molecule has 1 aliphatic heterocycles. The van der Waals surface area contributed by atoms with Crippen molar-refractivity contribution in [1.29, 1.82) is 0 Å². The molecule has 2 amide bonds. The van der Waals surface area contributed by atoms with Crippen LogP contribution in [0.4, 0.5) is 4.79 Å². The Bertz CT molecular complexity index is 387. The standard InChI is InChI=1S/C12H17N3O3.CH4/c13-12(16)15-7-3-6-14-8-11-17-9-4-1-2-5-10(9)18-11;/h1-2,4-5,11,14H,3,6-8H2,(H3,13,15,16);1H4. The predicted octanol–water partition coefficient (Wildman–Crippen LogP) is 1.07. The Morgan fingerprint density at radius 3 is 2.42 bits per heavy atom. The maximum atomic E-state index is 10.4. The molecule has 0 aromatic heterocycles. The van der Waals surface area contributed by atoms with Crippen molar-refractivity contribution in [3.8, 4) is 11.5 Å². The molecular weight excluding hydrogens is 246 g/mol. The Hall–Kier alpha value is -1.95. The maximum absolute atomic E-state index is 10.4. The van der Waals surface area contributed by atoms with Gasteiger partial charge in [-0.2, -0.15) is 0 Å². The number of nitrogens with two attached hydrogens (primary N) is 1. The Kier molecular flexibility index (Phi) is 5.95.